The summed E-state index contributed by atoms with van der Waals surface area (Å²) in [5, 5.41) is 3.24. The Hall–Kier alpha value is -2.33. The Morgan fingerprint density at radius 3 is 2.25 bits per heavy atom. The van der Waals surface area contributed by atoms with Gasteiger partial charge < -0.3 is 5.32 Å². The van der Waals surface area contributed by atoms with Crippen molar-refractivity contribution in [2.75, 3.05) is 4.90 Å². The standard InChI is InChI=1S/C15H11ClN2O2/c16-11-6-8-12(9-7-11)18-14(19)13(17-15(18)20)10-4-2-1-3-5-10/h1-9,13H,(H,17,20). The second kappa shape index (κ2) is 4.98. The molecular weight excluding hydrogens is 276 g/mol. The molecule has 1 aliphatic heterocycles. The van der Waals surface area contributed by atoms with Crippen molar-refractivity contribution in [2.45, 2.75) is 6.04 Å². The Morgan fingerprint density at radius 1 is 0.950 bits per heavy atom. The SMILES string of the molecule is O=C1NC(c2ccccc2)C(=O)N1c1ccc(Cl)cc1. The van der Waals surface area contributed by atoms with Crippen LogP contribution in [0.2, 0.25) is 5.02 Å². The fourth-order valence-corrected chi connectivity index (χ4v) is 2.31. The average Bonchev–Trinajstić information content (AvgIpc) is 2.76. The van der Waals surface area contributed by atoms with Crippen molar-refractivity contribution in [1.82, 2.24) is 5.32 Å². The van der Waals surface area contributed by atoms with E-state index in [1.807, 2.05) is 30.3 Å². The molecule has 0 aromatic heterocycles. The van der Waals surface area contributed by atoms with Crippen LogP contribution in [-0.4, -0.2) is 11.9 Å². The van der Waals surface area contributed by atoms with Crippen LogP contribution in [0.5, 0.6) is 0 Å². The maximum atomic E-state index is 12.4. The summed E-state index contributed by atoms with van der Waals surface area (Å²) in [5.74, 6) is -0.288. The molecule has 1 N–H and O–H groups in total. The van der Waals surface area contributed by atoms with Crippen LogP contribution in [0.25, 0.3) is 0 Å². The molecule has 0 saturated carbocycles. The highest BCUT2D eigenvalue weighted by Crippen LogP contribution is 2.27. The Morgan fingerprint density at radius 2 is 1.60 bits per heavy atom. The number of urea groups is 1. The Bertz CT molecular complexity index is 655. The lowest BCUT2D eigenvalue weighted by molar-refractivity contribution is -0.118. The molecule has 2 aromatic rings. The molecule has 1 aliphatic rings. The van der Waals surface area contributed by atoms with Crippen molar-refractivity contribution in [3.63, 3.8) is 0 Å². The average molecular weight is 287 g/mol. The fourth-order valence-electron chi connectivity index (χ4n) is 2.19. The van der Waals surface area contributed by atoms with Crippen LogP contribution in [0, 0.1) is 0 Å². The Kier molecular flexibility index (Phi) is 3.16. The molecule has 2 aromatic carbocycles. The topological polar surface area (TPSA) is 49.4 Å². The van der Waals surface area contributed by atoms with Gasteiger partial charge in [-0.25, -0.2) is 9.69 Å². The summed E-state index contributed by atoms with van der Waals surface area (Å²) >= 11 is 5.81. The molecule has 1 fully saturated rings. The Labute approximate surface area is 121 Å². The molecule has 5 heteroatoms. The molecule has 0 aliphatic carbocycles. The molecule has 0 bridgehead atoms. The molecule has 0 radical (unpaired) electrons. The van der Waals surface area contributed by atoms with Gasteiger partial charge in [0.2, 0.25) is 0 Å². The summed E-state index contributed by atoms with van der Waals surface area (Å²) in [4.78, 5) is 25.6. The highest BCUT2D eigenvalue weighted by Gasteiger charge is 2.39. The van der Waals surface area contributed by atoms with Gasteiger partial charge in [-0.2, -0.15) is 0 Å². The van der Waals surface area contributed by atoms with Crippen LogP contribution in [0.4, 0.5) is 10.5 Å². The van der Waals surface area contributed by atoms with Crippen LogP contribution < -0.4 is 10.2 Å². The van der Waals surface area contributed by atoms with E-state index in [-0.39, 0.29) is 5.91 Å². The van der Waals surface area contributed by atoms with Gasteiger partial charge in [0.25, 0.3) is 5.91 Å². The zero-order valence-electron chi connectivity index (χ0n) is 10.4. The van der Waals surface area contributed by atoms with E-state index in [4.69, 9.17) is 11.6 Å². The van der Waals surface area contributed by atoms with Crippen molar-refractivity contribution in [1.29, 1.82) is 0 Å². The van der Waals surface area contributed by atoms with Gasteiger partial charge in [0.05, 0.1) is 5.69 Å². The van der Waals surface area contributed by atoms with Crippen molar-refractivity contribution >= 4 is 29.2 Å². The molecule has 1 atom stereocenters. The summed E-state index contributed by atoms with van der Waals surface area (Å²) in [6.45, 7) is 0. The largest absolute Gasteiger partial charge is 0.329 e. The van der Waals surface area contributed by atoms with E-state index >= 15 is 0 Å². The summed E-state index contributed by atoms with van der Waals surface area (Å²) in [7, 11) is 0. The molecule has 4 nitrogen and oxygen atoms in total. The van der Waals surface area contributed by atoms with Crippen molar-refractivity contribution in [3.05, 3.63) is 65.2 Å². The number of halogens is 1. The van der Waals surface area contributed by atoms with E-state index in [0.717, 1.165) is 10.5 Å². The number of hydrogen-bond donors (Lipinski definition) is 1. The third kappa shape index (κ3) is 2.14. The van der Waals surface area contributed by atoms with Crippen LogP contribution >= 0.6 is 11.6 Å². The number of nitrogens with zero attached hydrogens (tertiary/aromatic N) is 1. The second-order valence-corrected chi connectivity index (χ2v) is 4.88. The van der Waals surface area contributed by atoms with E-state index in [1.54, 1.807) is 24.3 Å². The number of nitrogens with one attached hydrogen (secondary N) is 1. The monoisotopic (exact) mass is 286 g/mol. The zero-order valence-corrected chi connectivity index (χ0v) is 11.2. The predicted molar refractivity (Wildman–Crippen MR) is 76.7 cm³/mol. The second-order valence-electron chi connectivity index (χ2n) is 4.44. The number of hydrogen-bond acceptors (Lipinski definition) is 2. The predicted octanol–water partition coefficient (Wildman–Crippen LogP) is 3.14. The van der Waals surface area contributed by atoms with Crippen LogP contribution in [0.15, 0.2) is 54.6 Å². The van der Waals surface area contributed by atoms with Gasteiger partial charge in [0.1, 0.15) is 6.04 Å². The Balaban J connectivity index is 1.93. The maximum Gasteiger partial charge on any atom is 0.329 e. The smallest absolute Gasteiger partial charge is 0.321 e. The number of anilines is 1. The maximum absolute atomic E-state index is 12.4. The van der Waals surface area contributed by atoms with Gasteiger partial charge in [0, 0.05) is 5.02 Å². The van der Waals surface area contributed by atoms with Gasteiger partial charge >= 0.3 is 6.03 Å². The first-order valence-electron chi connectivity index (χ1n) is 6.12. The molecule has 3 rings (SSSR count). The van der Waals surface area contributed by atoms with Crippen LogP contribution in [-0.2, 0) is 4.79 Å². The number of carbonyl (C=O) groups is 2. The first-order valence-corrected chi connectivity index (χ1v) is 6.49. The van der Waals surface area contributed by atoms with Crippen molar-refractivity contribution in [3.8, 4) is 0 Å². The first-order chi connectivity index (χ1) is 9.66. The van der Waals surface area contributed by atoms with Gasteiger partial charge in [-0.05, 0) is 29.8 Å². The summed E-state index contributed by atoms with van der Waals surface area (Å²) < 4.78 is 0. The number of amides is 3. The van der Waals surface area contributed by atoms with E-state index in [0.29, 0.717) is 10.7 Å². The van der Waals surface area contributed by atoms with Gasteiger partial charge in [-0.15, -0.1) is 0 Å². The first kappa shape index (κ1) is 12.7. The minimum atomic E-state index is -0.639. The number of imide groups is 1. The summed E-state index contributed by atoms with van der Waals surface area (Å²) in [6, 6.07) is 14.7. The normalized spacial score (nSPS) is 18.2. The van der Waals surface area contributed by atoms with Crippen LogP contribution in [0.3, 0.4) is 0 Å². The van der Waals surface area contributed by atoms with Gasteiger partial charge in [-0.3, -0.25) is 4.79 Å². The number of rotatable bonds is 2. The third-order valence-electron chi connectivity index (χ3n) is 3.16. The number of benzene rings is 2. The molecule has 1 unspecified atom stereocenters. The lowest BCUT2D eigenvalue weighted by Gasteiger charge is -2.13. The lowest BCUT2D eigenvalue weighted by atomic mass is 10.1. The zero-order chi connectivity index (χ0) is 14.1. The number of carbonyl (C=O) groups excluding carboxylic acids is 2. The van der Waals surface area contributed by atoms with E-state index < -0.39 is 12.1 Å². The van der Waals surface area contributed by atoms with E-state index in [2.05, 4.69) is 5.32 Å². The third-order valence-corrected chi connectivity index (χ3v) is 3.41. The highest BCUT2D eigenvalue weighted by atomic mass is 35.5. The molecule has 20 heavy (non-hydrogen) atoms. The fraction of sp³-hybridized carbons (Fsp3) is 0.0667. The van der Waals surface area contributed by atoms with Crippen molar-refractivity contribution in [2.24, 2.45) is 0 Å². The van der Waals surface area contributed by atoms with E-state index in [1.165, 1.54) is 0 Å². The van der Waals surface area contributed by atoms with Crippen molar-refractivity contribution < 1.29 is 9.59 Å². The minimum absolute atomic E-state index is 0.288. The lowest BCUT2D eigenvalue weighted by Crippen LogP contribution is -2.30. The summed E-state index contributed by atoms with van der Waals surface area (Å²) in [6.07, 6.45) is 0. The molecule has 3 amide bonds. The summed E-state index contributed by atoms with van der Waals surface area (Å²) in [5.41, 5.74) is 1.28. The van der Waals surface area contributed by atoms with Gasteiger partial charge in [-0.1, -0.05) is 41.9 Å². The molecule has 100 valence electrons. The molecule has 0 spiro atoms. The molecule has 1 saturated heterocycles. The van der Waals surface area contributed by atoms with E-state index in [9.17, 15) is 9.59 Å². The minimum Gasteiger partial charge on any atom is -0.321 e. The quantitative estimate of drug-likeness (QED) is 0.862. The molecular formula is C15H11ClN2O2. The molecule has 1 heterocycles. The van der Waals surface area contributed by atoms with Crippen LogP contribution in [0.1, 0.15) is 11.6 Å². The highest BCUT2D eigenvalue weighted by molar-refractivity contribution is 6.30. The van der Waals surface area contributed by atoms with Gasteiger partial charge in [0.15, 0.2) is 0 Å².